The van der Waals surface area contributed by atoms with E-state index in [-0.39, 0.29) is 11.6 Å². The monoisotopic (exact) mass is 340 g/mol. The molecule has 0 radical (unpaired) electrons. The molecule has 7 heteroatoms. The van der Waals surface area contributed by atoms with Gasteiger partial charge in [0.1, 0.15) is 12.0 Å². The van der Waals surface area contributed by atoms with Crippen molar-refractivity contribution in [3.05, 3.63) is 63.3 Å². The maximum atomic E-state index is 11.7. The van der Waals surface area contributed by atoms with Crippen LogP contribution >= 0.6 is 0 Å². The summed E-state index contributed by atoms with van der Waals surface area (Å²) in [6.07, 6.45) is 2.84. The second kappa shape index (κ2) is 7.29. The van der Waals surface area contributed by atoms with Crippen molar-refractivity contribution in [3.63, 3.8) is 0 Å². The van der Waals surface area contributed by atoms with Crippen molar-refractivity contribution in [1.82, 2.24) is 9.88 Å². The lowest BCUT2D eigenvalue weighted by Crippen LogP contribution is -2.23. The maximum absolute atomic E-state index is 11.7. The SMILES string of the molecule is Cc1cc([N+](=O)[O-])cnc1NCc1cccc(CN2CCCC2=O)c1. The van der Waals surface area contributed by atoms with Gasteiger partial charge < -0.3 is 10.2 Å². The van der Waals surface area contributed by atoms with Crippen LogP contribution in [0.15, 0.2) is 36.5 Å². The number of rotatable bonds is 6. The Morgan fingerprint density at radius 3 is 2.80 bits per heavy atom. The van der Waals surface area contributed by atoms with Crippen LogP contribution in [0.25, 0.3) is 0 Å². The molecule has 0 saturated carbocycles. The number of hydrogen-bond acceptors (Lipinski definition) is 5. The van der Waals surface area contributed by atoms with Gasteiger partial charge in [0.25, 0.3) is 5.69 Å². The van der Waals surface area contributed by atoms with Gasteiger partial charge in [-0.25, -0.2) is 4.98 Å². The fraction of sp³-hybridized carbons (Fsp3) is 0.333. The number of aromatic nitrogens is 1. The van der Waals surface area contributed by atoms with E-state index in [9.17, 15) is 14.9 Å². The van der Waals surface area contributed by atoms with Gasteiger partial charge in [-0.2, -0.15) is 0 Å². The van der Waals surface area contributed by atoms with E-state index in [4.69, 9.17) is 0 Å². The lowest BCUT2D eigenvalue weighted by atomic mass is 10.1. The molecule has 25 heavy (non-hydrogen) atoms. The molecule has 1 N–H and O–H groups in total. The molecule has 1 aliphatic rings. The standard InChI is InChI=1S/C18H20N4O3/c1-13-8-16(22(24)25)11-20-18(13)19-10-14-4-2-5-15(9-14)12-21-7-3-6-17(21)23/h2,4-5,8-9,11H,3,6-7,10,12H2,1H3,(H,19,20). The molecule has 2 aromatic rings. The van der Waals surface area contributed by atoms with Crippen LogP contribution < -0.4 is 5.32 Å². The molecule has 3 rings (SSSR count). The fourth-order valence-electron chi connectivity index (χ4n) is 2.96. The minimum absolute atomic E-state index is 0.0136. The highest BCUT2D eigenvalue weighted by Gasteiger charge is 2.19. The van der Waals surface area contributed by atoms with Crippen LogP contribution in [0, 0.1) is 17.0 Å². The molecule has 130 valence electrons. The van der Waals surface area contributed by atoms with Gasteiger partial charge in [0.2, 0.25) is 5.91 Å². The van der Waals surface area contributed by atoms with E-state index >= 15 is 0 Å². The van der Waals surface area contributed by atoms with Crippen LogP contribution in [0.4, 0.5) is 11.5 Å². The van der Waals surface area contributed by atoms with Crippen LogP contribution in [0.3, 0.4) is 0 Å². The quantitative estimate of drug-likeness (QED) is 0.645. The van der Waals surface area contributed by atoms with Crippen molar-refractivity contribution in [2.24, 2.45) is 0 Å². The fourth-order valence-corrected chi connectivity index (χ4v) is 2.96. The third-order valence-electron chi connectivity index (χ3n) is 4.27. The van der Waals surface area contributed by atoms with Crippen molar-refractivity contribution in [3.8, 4) is 0 Å². The van der Waals surface area contributed by atoms with Gasteiger partial charge >= 0.3 is 0 Å². The number of benzene rings is 1. The summed E-state index contributed by atoms with van der Waals surface area (Å²) in [5, 5.41) is 14.0. The summed E-state index contributed by atoms with van der Waals surface area (Å²) in [4.78, 5) is 28.1. The van der Waals surface area contributed by atoms with Crippen molar-refractivity contribution < 1.29 is 9.72 Å². The molecular formula is C18H20N4O3. The van der Waals surface area contributed by atoms with E-state index in [1.807, 2.05) is 23.1 Å². The Balaban J connectivity index is 1.64. The Hall–Kier alpha value is -2.96. The van der Waals surface area contributed by atoms with E-state index in [1.165, 1.54) is 12.3 Å². The van der Waals surface area contributed by atoms with E-state index in [0.717, 1.165) is 29.7 Å². The third kappa shape index (κ3) is 4.12. The number of pyridine rings is 1. The molecule has 0 spiro atoms. The largest absolute Gasteiger partial charge is 0.366 e. The highest BCUT2D eigenvalue weighted by Crippen LogP contribution is 2.19. The normalized spacial score (nSPS) is 14.0. The first-order chi connectivity index (χ1) is 12.0. The molecule has 1 aromatic carbocycles. The molecular weight excluding hydrogens is 320 g/mol. The van der Waals surface area contributed by atoms with Gasteiger partial charge in [-0.05, 0) is 30.0 Å². The molecule has 0 bridgehead atoms. The van der Waals surface area contributed by atoms with E-state index < -0.39 is 4.92 Å². The number of amides is 1. The average molecular weight is 340 g/mol. The van der Waals surface area contributed by atoms with Crippen LogP contribution in [0.5, 0.6) is 0 Å². The number of carbonyl (C=O) groups is 1. The second-order valence-electron chi connectivity index (χ2n) is 6.21. The molecule has 1 fully saturated rings. The molecule has 1 aliphatic heterocycles. The van der Waals surface area contributed by atoms with Gasteiger partial charge in [-0.1, -0.05) is 24.3 Å². The Labute approximate surface area is 145 Å². The van der Waals surface area contributed by atoms with Crippen LogP contribution in [0.1, 0.15) is 29.5 Å². The molecule has 7 nitrogen and oxygen atoms in total. The van der Waals surface area contributed by atoms with Crippen molar-refractivity contribution in [1.29, 1.82) is 0 Å². The van der Waals surface area contributed by atoms with Crippen LogP contribution in [-0.2, 0) is 17.9 Å². The molecule has 0 unspecified atom stereocenters. The summed E-state index contributed by atoms with van der Waals surface area (Å²) in [5.74, 6) is 0.847. The summed E-state index contributed by atoms with van der Waals surface area (Å²) < 4.78 is 0. The first-order valence-electron chi connectivity index (χ1n) is 8.23. The van der Waals surface area contributed by atoms with E-state index in [1.54, 1.807) is 6.92 Å². The molecule has 2 heterocycles. The smallest absolute Gasteiger partial charge is 0.287 e. The van der Waals surface area contributed by atoms with E-state index in [2.05, 4.69) is 16.4 Å². The van der Waals surface area contributed by atoms with Gasteiger partial charge in [-0.3, -0.25) is 14.9 Å². The Kier molecular flexibility index (Phi) is 4.92. The number of hydrogen-bond donors (Lipinski definition) is 1. The van der Waals surface area contributed by atoms with Crippen molar-refractivity contribution >= 4 is 17.4 Å². The summed E-state index contributed by atoms with van der Waals surface area (Å²) in [6.45, 7) is 3.82. The summed E-state index contributed by atoms with van der Waals surface area (Å²) in [5.41, 5.74) is 2.89. The van der Waals surface area contributed by atoms with Crippen molar-refractivity contribution in [2.75, 3.05) is 11.9 Å². The van der Waals surface area contributed by atoms with Gasteiger partial charge in [-0.15, -0.1) is 0 Å². The number of carbonyl (C=O) groups excluding carboxylic acids is 1. The second-order valence-corrected chi connectivity index (χ2v) is 6.21. The predicted octanol–water partition coefficient (Wildman–Crippen LogP) is 3.03. The van der Waals surface area contributed by atoms with E-state index in [0.29, 0.717) is 25.3 Å². The number of nitrogens with one attached hydrogen (secondary N) is 1. The minimum atomic E-state index is -0.451. The molecule has 1 aromatic heterocycles. The number of likely N-dealkylation sites (tertiary alicyclic amines) is 1. The maximum Gasteiger partial charge on any atom is 0.287 e. The summed E-state index contributed by atoms with van der Waals surface area (Å²) in [6, 6.07) is 9.57. The third-order valence-corrected chi connectivity index (χ3v) is 4.27. The summed E-state index contributed by atoms with van der Waals surface area (Å²) >= 11 is 0. The van der Waals surface area contributed by atoms with Crippen molar-refractivity contribution in [2.45, 2.75) is 32.9 Å². The topological polar surface area (TPSA) is 88.4 Å². The zero-order valence-electron chi connectivity index (χ0n) is 14.1. The average Bonchev–Trinajstić information content (AvgIpc) is 2.99. The molecule has 1 saturated heterocycles. The Bertz CT molecular complexity index is 807. The van der Waals surface area contributed by atoms with Gasteiger partial charge in [0.05, 0.1) is 4.92 Å². The molecule has 1 amide bonds. The van der Waals surface area contributed by atoms with Gasteiger partial charge in [0, 0.05) is 32.1 Å². The lowest BCUT2D eigenvalue weighted by molar-refractivity contribution is -0.385. The highest BCUT2D eigenvalue weighted by molar-refractivity contribution is 5.78. The molecule has 0 atom stereocenters. The number of nitrogens with zero attached hydrogens (tertiary/aromatic N) is 3. The Morgan fingerprint density at radius 1 is 1.32 bits per heavy atom. The van der Waals surface area contributed by atoms with Gasteiger partial charge in [0.15, 0.2) is 0 Å². The predicted molar refractivity (Wildman–Crippen MR) is 94.0 cm³/mol. The lowest BCUT2D eigenvalue weighted by Gasteiger charge is -2.16. The zero-order chi connectivity index (χ0) is 17.8. The number of aryl methyl sites for hydroxylation is 1. The Morgan fingerprint density at radius 2 is 2.12 bits per heavy atom. The molecule has 0 aliphatic carbocycles. The zero-order valence-corrected chi connectivity index (χ0v) is 14.1. The van der Waals surface area contributed by atoms with Crippen LogP contribution in [-0.4, -0.2) is 27.3 Å². The highest BCUT2D eigenvalue weighted by atomic mass is 16.6. The number of anilines is 1. The van der Waals surface area contributed by atoms with Crippen LogP contribution in [0.2, 0.25) is 0 Å². The minimum Gasteiger partial charge on any atom is -0.366 e. The first kappa shape index (κ1) is 16.9. The summed E-state index contributed by atoms with van der Waals surface area (Å²) in [7, 11) is 0. The first-order valence-corrected chi connectivity index (χ1v) is 8.23. The number of nitro groups is 1.